The minimum atomic E-state index is 0.00130. The first kappa shape index (κ1) is 15.9. The number of nitrogens with one attached hydrogen (secondary N) is 1. The molecule has 1 heterocycles. The molecule has 5 heteroatoms. The van der Waals surface area contributed by atoms with Crippen LogP contribution in [0.25, 0.3) is 0 Å². The summed E-state index contributed by atoms with van der Waals surface area (Å²) in [6.45, 7) is 6.33. The predicted octanol–water partition coefficient (Wildman–Crippen LogP) is 2.52. The first-order chi connectivity index (χ1) is 9.90. The molecule has 0 spiro atoms. The number of nitrogens with zero attached hydrogens (tertiary/aromatic N) is 1. The van der Waals surface area contributed by atoms with Gasteiger partial charge in [0, 0.05) is 24.1 Å². The number of benzene rings is 1. The lowest BCUT2D eigenvalue weighted by Crippen LogP contribution is -2.39. The molecule has 0 atom stereocenters. The molecule has 114 valence electrons. The zero-order valence-electron chi connectivity index (χ0n) is 12.7. The van der Waals surface area contributed by atoms with Gasteiger partial charge < -0.3 is 11.1 Å². The summed E-state index contributed by atoms with van der Waals surface area (Å²) in [7, 11) is 0. The third kappa shape index (κ3) is 4.02. The Bertz CT molecular complexity index is 542. The van der Waals surface area contributed by atoms with E-state index < -0.39 is 0 Å². The number of hydrogen-bond donors (Lipinski definition) is 2. The molecule has 0 radical (unpaired) electrons. The molecular formula is C16H23N3OS. The quantitative estimate of drug-likeness (QED) is 0.821. The summed E-state index contributed by atoms with van der Waals surface area (Å²) in [6, 6.07) is 7.37. The molecule has 3 N–H and O–H groups in total. The van der Waals surface area contributed by atoms with Gasteiger partial charge in [0.05, 0.1) is 5.69 Å². The maximum atomic E-state index is 12.1. The smallest absolute Gasteiger partial charge is 0.225 e. The van der Waals surface area contributed by atoms with E-state index >= 15 is 0 Å². The topological polar surface area (TPSA) is 58.4 Å². The number of amides is 1. The second-order valence-corrected chi connectivity index (χ2v) is 6.55. The largest absolute Gasteiger partial charge is 0.389 e. The molecule has 1 aliphatic heterocycles. The van der Waals surface area contributed by atoms with Crippen molar-refractivity contribution in [1.82, 2.24) is 4.90 Å². The van der Waals surface area contributed by atoms with E-state index in [-0.39, 0.29) is 11.4 Å². The van der Waals surface area contributed by atoms with E-state index in [1.54, 1.807) is 0 Å². The summed E-state index contributed by atoms with van der Waals surface area (Å²) >= 11 is 5.00. The van der Waals surface area contributed by atoms with E-state index in [2.05, 4.69) is 24.1 Å². The Hall–Kier alpha value is -1.46. The van der Waals surface area contributed by atoms with Crippen LogP contribution in [0.4, 0.5) is 5.69 Å². The maximum Gasteiger partial charge on any atom is 0.225 e. The molecule has 1 aromatic carbocycles. The Labute approximate surface area is 131 Å². The molecule has 1 saturated heterocycles. The third-order valence-corrected chi connectivity index (χ3v) is 4.37. The van der Waals surface area contributed by atoms with Crippen molar-refractivity contribution in [2.45, 2.75) is 38.6 Å². The lowest BCUT2D eigenvalue weighted by atomic mass is 10.0. The summed E-state index contributed by atoms with van der Waals surface area (Å²) < 4.78 is 0. The van der Waals surface area contributed by atoms with E-state index in [4.69, 9.17) is 18.0 Å². The molecule has 21 heavy (non-hydrogen) atoms. The first-order valence-corrected chi connectivity index (χ1v) is 7.75. The van der Waals surface area contributed by atoms with Crippen molar-refractivity contribution < 1.29 is 4.79 Å². The van der Waals surface area contributed by atoms with Crippen molar-refractivity contribution in [2.24, 2.45) is 5.73 Å². The number of thiocarbonyl (C=S) groups is 1. The lowest BCUT2D eigenvalue weighted by Gasteiger charge is -2.31. The van der Waals surface area contributed by atoms with Gasteiger partial charge in [0.2, 0.25) is 5.91 Å². The van der Waals surface area contributed by atoms with E-state index in [0.29, 0.717) is 22.7 Å². The van der Waals surface area contributed by atoms with Crippen molar-refractivity contribution >= 4 is 28.8 Å². The van der Waals surface area contributed by atoms with Gasteiger partial charge in [0.15, 0.2) is 0 Å². The highest BCUT2D eigenvalue weighted by atomic mass is 32.1. The number of likely N-dealkylation sites (tertiary alicyclic amines) is 1. The summed E-state index contributed by atoms with van der Waals surface area (Å²) in [5, 5.41) is 2.91. The summed E-state index contributed by atoms with van der Waals surface area (Å²) in [5.41, 5.74) is 7.28. The highest BCUT2D eigenvalue weighted by Crippen LogP contribution is 2.28. The van der Waals surface area contributed by atoms with Crippen molar-refractivity contribution in [2.75, 3.05) is 18.4 Å². The second kappa shape index (κ2) is 6.54. The Morgan fingerprint density at radius 3 is 2.76 bits per heavy atom. The van der Waals surface area contributed by atoms with Gasteiger partial charge >= 0.3 is 0 Å². The zero-order chi connectivity index (χ0) is 15.5. The number of rotatable bonds is 5. The number of para-hydroxylation sites is 1. The average Bonchev–Trinajstić information content (AvgIpc) is 2.75. The normalized spacial score (nSPS) is 17.6. The Morgan fingerprint density at radius 1 is 1.43 bits per heavy atom. The Morgan fingerprint density at radius 2 is 2.14 bits per heavy atom. The fourth-order valence-corrected chi connectivity index (χ4v) is 3.01. The molecule has 1 fully saturated rings. The van der Waals surface area contributed by atoms with Crippen LogP contribution in [0.2, 0.25) is 0 Å². The van der Waals surface area contributed by atoms with Gasteiger partial charge in [0.1, 0.15) is 4.99 Å². The van der Waals surface area contributed by atoms with E-state index in [1.165, 1.54) is 12.8 Å². The minimum Gasteiger partial charge on any atom is -0.389 e. The Balaban J connectivity index is 1.92. The van der Waals surface area contributed by atoms with Gasteiger partial charge in [-0.1, -0.05) is 24.4 Å². The molecule has 1 amide bonds. The third-order valence-electron chi connectivity index (χ3n) is 4.15. The van der Waals surface area contributed by atoms with Gasteiger partial charge in [-0.15, -0.1) is 0 Å². The van der Waals surface area contributed by atoms with Gasteiger partial charge in [-0.05, 0) is 45.4 Å². The van der Waals surface area contributed by atoms with E-state index in [9.17, 15) is 4.79 Å². The number of carbonyl (C=O) groups is 1. The van der Waals surface area contributed by atoms with Crippen LogP contribution in [0.5, 0.6) is 0 Å². The fourth-order valence-electron chi connectivity index (χ4n) is 2.83. The van der Waals surface area contributed by atoms with E-state index in [0.717, 1.165) is 13.1 Å². The molecule has 4 nitrogen and oxygen atoms in total. The van der Waals surface area contributed by atoms with Crippen LogP contribution in [0, 0.1) is 0 Å². The van der Waals surface area contributed by atoms with Crippen molar-refractivity contribution in [3.05, 3.63) is 29.8 Å². The molecular weight excluding hydrogens is 282 g/mol. The van der Waals surface area contributed by atoms with Crippen LogP contribution in [-0.4, -0.2) is 34.4 Å². The summed E-state index contributed by atoms with van der Waals surface area (Å²) in [5.74, 6) is 0.00130. The predicted molar refractivity (Wildman–Crippen MR) is 90.5 cm³/mol. The molecule has 2 rings (SSSR count). The molecule has 0 aromatic heterocycles. The van der Waals surface area contributed by atoms with Crippen molar-refractivity contribution in [1.29, 1.82) is 0 Å². The molecule has 0 saturated carbocycles. The van der Waals surface area contributed by atoms with Crippen LogP contribution in [-0.2, 0) is 4.79 Å². The van der Waals surface area contributed by atoms with Crippen LogP contribution in [0.3, 0.4) is 0 Å². The number of carbonyl (C=O) groups excluding carboxylic acids is 1. The van der Waals surface area contributed by atoms with Crippen LogP contribution < -0.4 is 11.1 Å². The highest BCUT2D eigenvalue weighted by molar-refractivity contribution is 7.80. The van der Waals surface area contributed by atoms with Crippen LogP contribution in [0.15, 0.2) is 24.3 Å². The molecule has 0 unspecified atom stereocenters. The summed E-state index contributed by atoms with van der Waals surface area (Å²) in [4.78, 5) is 14.8. The van der Waals surface area contributed by atoms with Gasteiger partial charge in [-0.2, -0.15) is 0 Å². The number of anilines is 1. The van der Waals surface area contributed by atoms with Gasteiger partial charge in [-0.3, -0.25) is 9.69 Å². The standard InChI is InChI=1S/C16H23N3OS/c1-16(2)9-5-10-19(16)11-8-14(20)18-13-7-4-3-6-12(13)15(17)21/h3-4,6-7H,5,8-11H2,1-2H3,(H2,17,21)(H,18,20). The first-order valence-electron chi connectivity index (χ1n) is 7.34. The second-order valence-electron chi connectivity index (χ2n) is 6.11. The van der Waals surface area contributed by atoms with Crippen molar-refractivity contribution in [3.8, 4) is 0 Å². The molecule has 0 aliphatic carbocycles. The van der Waals surface area contributed by atoms with Crippen molar-refractivity contribution in [3.63, 3.8) is 0 Å². The van der Waals surface area contributed by atoms with Crippen LogP contribution >= 0.6 is 12.2 Å². The zero-order valence-corrected chi connectivity index (χ0v) is 13.5. The molecule has 0 bridgehead atoms. The van der Waals surface area contributed by atoms with Gasteiger partial charge in [0.25, 0.3) is 0 Å². The van der Waals surface area contributed by atoms with Crippen LogP contribution in [0.1, 0.15) is 38.7 Å². The monoisotopic (exact) mass is 305 g/mol. The van der Waals surface area contributed by atoms with E-state index in [1.807, 2.05) is 24.3 Å². The minimum absolute atomic E-state index is 0.00130. The number of nitrogens with two attached hydrogens (primary N) is 1. The maximum absolute atomic E-state index is 12.1. The number of hydrogen-bond acceptors (Lipinski definition) is 3. The summed E-state index contributed by atoms with van der Waals surface area (Å²) in [6.07, 6.45) is 2.88. The SMILES string of the molecule is CC1(C)CCCN1CCC(=O)Nc1ccccc1C(N)=S. The Kier molecular flexibility index (Phi) is 4.96. The lowest BCUT2D eigenvalue weighted by molar-refractivity contribution is -0.116. The average molecular weight is 305 g/mol. The molecule has 1 aromatic rings. The fraction of sp³-hybridized carbons (Fsp3) is 0.500. The highest BCUT2D eigenvalue weighted by Gasteiger charge is 2.31. The molecule has 1 aliphatic rings. The van der Waals surface area contributed by atoms with Gasteiger partial charge in [-0.25, -0.2) is 0 Å².